The highest BCUT2D eigenvalue weighted by molar-refractivity contribution is 9.10. The molecule has 0 aliphatic carbocycles. The second-order valence-electron chi connectivity index (χ2n) is 6.07. The summed E-state index contributed by atoms with van der Waals surface area (Å²) in [5.74, 6) is -0.646. The lowest BCUT2D eigenvalue weighted by Crippen LogP contribution is -2.27. The van der Waals surface area contributed by atoms with Crippen LogP contribution in [0.3, 0.4) is 0 Å². The lowest BCUT2D eigenvalue weighted by molar-refractivity contribution is 0.102. The maximum absolute atomic E-state index is 13.1. The number of rotatable bonds is 5. The number of phenolic OH excluding ortho intramolecular Hbond substituents is 1. The van der Waals surface area contributed by atoms with Crippen LogP contribution in [0.2, 0.25) is 5.02 Å². The molecule has 1 amide bonds. The number of sulfonamides is 1. The largest absolute Gasteiger partial charge is 0.506 e. The Morgan fingerprint density at radius 2 is 1.72 bits per heavy atom. The summed E-state index contributed by atoms with van der Waals surface area (Å²) in [6, 6.07) is 16.9. The number of amides is 1. The van der Waals surface area contributed by atoms with Crippen LogP contribution in [-0.2, 0) is 10.0 Å². The van der Waals surface area contributed by atoms with Gasteiger partial charge in [0.1, 0.15) is 10.6 Å². The first-order valence-electron chi connectivity index (χ1n) is 8.33. The van der Waals surface area contributed by atoms with E-state index in [1.165, 1.54) is 37.4 Å². The van der Waals surface area contributed by atoms with Crippen LogP contribution in [0.25, 0.3) is 0 Å². The first-order chi connectivity index (χ1) is 13.7. The molecule has 0 aliphatic heterocycles. The first kappa shape index (κ1) is 21.2. The SMILES string of the molecule is CN(c1ccccc1O)S(=O)(=O)c1cc(C(=O)Nc2ccc(Cl)cc2)ccc1Br. The van der Waals surface area contributed by atoms with Crippen LogP contribution in [-0.4, -0.2) is 26.5 Å². The van der Waals surface area contributed by atoms with Crippen molar-refractivity contribution < 1.29 is 18.3 Å². The van der Waals surface area contributed by atoms with Gasteiger partial charge in [0.25, 0.3) is 15.9 Å². The Morgan fingerprint density at radius 1 is 1.07 bits per heavy atom. The summed E-state index contributed by atoms with van der Waals surface area (Å²) in [5, 5.41) is 13.2. The molecule has 9 heteroatoms. The number of hydrogen-bond acceptors (Lipinski definition) is 4. The fourth-order valence-electron chi connectivity index (χ4n) is 2.59. The molecule has 0 aliphatic rings. The van der Waals surface area contributed by atoms with E-state index in [-0.39, 0.29) is 21.9 Å². The minimum absolute atomic E-state index is 0.105. The average molecular weight is 496 g/mol. The molecular weight excluding hydrogens is 480 g/mol. The second kappa shape index (κ2) is 8.44. The van der Waals surface area contributed by atoms with Gasteiger partial charge in [-0.3, -0.25) is 9.10 Å². The van der Waals surface area contributed by atoms with Gasteiger partial charge >= 0.3 is 0 Å². The van der Waals surface area contributed by atoms with Gasteiger partial charge in [0.2, 0.25) is 0 Å². The van der Waals surface area contributed by atoms with E-state index in [2.05, 4.69) is 21.2 Å². The average Bonchev–Trinajstić information content (AvgIpc) is 2.69. The molecule has 0 aromatic heterocycles. The predicted octanol–water partition coefficient (Wildman–Crippen LogP) is 4.89. The molecule has 3 aromatic rings. The number of benzene rings is 3. The van der Waals surface area contributed by atoms with Crippen molar-refractivity contribution in [2.24, 2.45) is 0 Å². The summed E-state index contributed by atoms with van der Waals surface area (Å²) in [4.78, 5) is 12.5. The number of hydrogen-bond donors (Lipinski definition) is 2. The molecule has 3 aromatic carbocycles. The molecule has 150 valence electrons. The van der Waals surface area contributed by atoms with Gasteiger partial charge in [-0.25, -0.2) is 8.42 Å². The summed E-state index contributed by atoms with van der Waals surface area (Å²) >= 11 is 9.07. The zero-order valence-corrected chi connectivity index (χ0v) is 18.3. The van der Waals surface area contributed by atoms with Crippen LogP contribution in [0, 0.1) is 0 Å². The molecule has 0 unspecified atom stereocenters. The quantitative estimate of drug-likeness (QED) is 0.528. The maximum atomic E-state index is 13.1. The van der Waals surface area contributed by atoms with Gasteiger partial charge in [-0.05, 0) is 70.5 Å². The van der Waals surface area contributed by atoms with Gasteiger partial charge in [0, 0.05) is 27.8 Å². The summed E-state index contributed by atoms with van der Waals surface area (Å²) < 4.78 is 27.5. The molecule has 29 heavy (non-hydrogen) atoms. The highest BCUT2D eigenvalue weighted by Gasteiger charge is 2.26. The van der Waals surface area contributed by atoms with Crippen molar-refractivity contribution in [2.75, 3.05) is 16.7 Å². The molecule has 0 atom stereocenters. The number of halogens is 2. The Kier molecular flexibility index (Phi) is 6.16. The Hall–Kier alpha value is -2.55. The molecule has 0 bridgehead atoms. The molecule has 0 spiro atoms. The van der Waals surface area contributed by atoms with Crippen molar-refractivity contribution in [3.63, 3.8) is 0 Å². The van der Waals surface area contributed by atoms with Crippen LogP contribution in [0.5, 0.6) is 5.75 Å². The van der Waals surface area contributed by atoms with E-state index < -0.39 is 15.9 Å². The van der Waals surface area contributed by atoms with Crippen LogP contribution in [0.1, 0.15) is 10.4 Å². The van der Waals surface area contributed by atoms with E-state index in [4.69, 9.17) is 11.6 Å². The van der Waals surface area contributed by atoms with Gasteiger partial charge in [0.15, 0.2) is 0 Å². The number of anilines is 2. The van der Waals surface area contributed by atoms with Crippen LogP contribution in [0.4, 0.5) is 11.4 Å². The predicted molar refractivity (Wildman–Crippen MR) is 117 cm³/mol. The molecule has 2 N–H and O–H groups in total. The second-order valence-corrected chi connectivity index (χ2v) is 9.30. The summed E-state index contributed by atoms with van der Waals surface area (Å²) in [6.07, 6.45) is 0. The van der Waals surface area contributed by atoms with Crippen molar-refractivity contribution in [3.05, 3.63) is 81.8 Å². The minimum atomic E-state index is -4.05. The summed E-state index contributed by atoms with van der Waals surface area (Å²) in [7, 11) is -2.72. The van der Waals surface area contributed by atoms with E-state index in [0.29, 0.717) is 15.2 Å². The summed E-state index contributed by atoms with van der Waals surface area (Å²) in [5.41, 5.74) is 0.806. The third-order valence-corrected chi connectivity index (χ3v) is 7.17. The van der Waals surface area contributed by atoms with E-state index in [1.807, 2.05) is 0 Å². The van der Waals surface area contributed by atoms with Gasteiger partial charge in [-0.15, -0.1) is 0 Å². The van der Waals surface area contributed by atoms with E-state index in [0.717, 1.165) is 4.31 Å². The molecule has 6 nitrogen and oxygen atoms in total. The number of carbonyl (C=O) groups excluding carboxylic acids is 1. The smallest absolute Gasteiger partial charge is 0.265 e. The summed E-state index contributed by atoms with van der Waals surface area (Å²) in [6.45, 7) is 0. The van der Waals surface area contributed by atoms with Crippen molar-refractivity contribution in [1.82, 2.24) is 0 Å². The molecule has 0 heterocycles. The molecular formula is C20H16BrClN2O4S. The van der Waals surface area contributed by atoms with Crippen molar-refractivity contribution >= 4 is 54.8 Å². The van der Waals surface area contributed by atoms with E-state index in [1.54, 1.807) is 36.4 Å². The standard InChI is InChI=1S/C20H16BrClN2O4S/c1-24(17-4-2-3-5-18(17)25)29(27,28)19-12-13(6-11-16(19)21)20(26)23-15-9-7-14(22)8-10-15/h2-12,25H,1H3,(H,23,26). The molecule has 0 fully saturated rings. The Morgan fingerprint density at radius 3 is 2.38 bits per heavy atom. The zero-order chi connectivity index (χ0) is 21.2. The molecule has 3 rings (SSSR count). The topological polar surface area (TPSA) is 86.7 Å². The number of nitrogens with zero attached hydrogens (tertiary/aromatic N) is 1. The van der Waals surface area contributed by atoms with Crippen molar-refractivity contribution in [3.8, 4) is 5.75 Å². The Labute approximate surface area is 181 Å². The minimum Gasteiger partial charge on any atom is -0.506 e. The van der Waals surface area contributed by atoms with Crippen molar-refractivity contribution in [2.45, 2.75) is 4.90 Å². The monoisotopic (exact) mass is 494 g/mol. The highest BCUT2D eigenvalue weighted by atomic mass is 79.9. The van der Waals surface area contributed by atoms with Crippen LogP contribution in [0.15, 0.2) is 76.1 Å². The number of nitrogens with one attached hydrogen (secondary N) is 1. The number of aromatic hydroxyl groups is 1. The van der Waals surface area contributed by atoms with Gasteiger partial charge in [0.05, 0.1) is 5.69 Å². The normalized spacial score (nSPS) is 11.1. The van der Waals surface area contributed by atoms with Crippen LogP contribution < -0.4 is 9.62 Å². The van der Waals surface area contributed by atoms with Gasteiger partial charge in [-0.1, -0.05) is 23.7 Å². The molecule has 0 saturated carbocycles. The first-order valence-corrected chi connectivity index (χ1v) is 10.9. The number of phenols is 1. The molecule has 0 radical (unpaired) electrons. The van der Waals surface area contributed by atoms with Crippen molar-refractivity contribution in [1.29, 1.82) is 0 Å². The van der Waals surface area contributed by atoms with E-state index in [9.17, 15) is 18.3 Å². The van der Waals surface area contributed by atoms with Crippen LogP contribution >= 0.6 is 27.5 Å². The molecule has 0 saturated heterocycles. The third kappa shape index (κ3) is 4.55. The highest BCUT2D eigenvalue weighted by Crippen LogP contribution is 2.33. The number of carbonyl (C=O) groups is 1. The zero-order valence-electron chi connectivity index (χ0n) is 15.1. The fraction of sp³-hybridized carbons (Fsp3) is 0.0500. The van der Waals surface area contributed by atoms with E-state index >= 15 is 0 Å². The lowest BCUT2D eigenvalue weighted by Gasteiger charge is -2.21. The Balaban J connectivity index is 1.94. The maximum Gasteiger partial charge on any atom is 0.265 e. The fourth-order valence-corrected chi connectivity index (χ4v) is 4.87. The van der Waals surface area contributed by atoms with Gasteiger partial charge in [-0.2, -0.15) is 0 Å². The van der Waals surface area contributed by atoms with Gasteiger partial charge < -0.3 is 10.4 Å². The Bertz CT molecular complexity index is 1170. The third-order valence-electron chi connectivity index (χ3n) is 4.15. The lowest BCUT2D eigenvalue weighted by atomic mass is 10.2. The number of para-hydroxylation sites is 2.